The Labute approximate surface area is 124 Å². The van der Waals surface area contributed by atoms with Crippen LogP contribution < -0.4 is 5.32 Å². The summed E-state index contributed by atoms with van der Waals surface area (Å²) >= 11 is 1.65. The van der Waals surface area contributed by atoms with Gasteiger partial charge in [-0.1, -0.05) is 18.8 Å². The van der Waals surface area contributed by atoms with E-state index in [1.165, 1.54) is 4.88 Å². The average molecular weight is 294 g/mol. The molecular weight excluding hydrogens is 272 g/mol. The van der Waals surface area contributed by atoms with E-state index in [9.17, 15) is 4.79 Å². The van der Waals surface area contributed by atoms with E-state index in [4.69, 9.17) is 5.11 Å². The number of carbonyl (C=O) groups is 1. The van der Waals surface area contributed by atoms with Crippen LogP contribution >= 0.6 is 11.3 Å². The summed E-state index contributed by atoms with van der Waals surface area (Å²) in [6.45, 7) is 6.76. The molecule has 0 saturated carbocycles. The Kier molecular flexibility index (Phi) is 7.97. The van der Waals surface area contributed by atoms with E-state index in [1.54, 1.807) is 11.3 Å². The van der Waals surface area contributed by atoms with Crippen LogP contribution in [0.2, 0.25) is 0 Å². The lowest BCUT2D eigenvalue weighted by Crippen LogP contribution is -2.36. The number of rotatable bonds is 7. The van der Waals surface area contributed by atoms with Gasteiger partial charge in [0.15, 0.2) is 0 Å². The van der Waals surface area contributed by atoms with Crippen molar-refractivity contribution in [2.24, 2.45) is 0 Å². The Balaban J connectivity index is 2.54. The molecule has 4 nitrogen and oxygen atoms in total. The number of thiophene rings is 1. The first kappa shape index (κ1) is 16.7. The highest BCUT2D eigenvalue weighted by molar-refractivity contribution is 7.10. The van der Waals surface area contributed by atoms with Gasteiger partial charge < -0.3 is 10.4 Å². The minimum Gasteiger partial charge on any atom is -0.395 e. The van der Waals surface area contributed by atoms with Crippen LogP contribution in [0.5, 0.6) is 0 Å². The zero-order chi connectivity index (χ0) is 14.8. The van der Waals surface area contributed by atoms with E-state index in [-0.39, 0.29) is 12.5 Å². The van der Waals surface area contributed by atoms with Crippen molar-refractivity contribution in [2.45, 2.75) is 26.8 Å². The molecule has 0 aliphatic rings. The van der Waals surface area contributed by atoms with Gasteiger partial charge in [-0.15, -0.1) is 11.3 Å². The van der Waals surface area contributed by atoms with Crippen molar-refractivity contribution in [3.8, 4) is 11.8 Å². The molecule has 0 saturated heterocycles. The second-order valence-electron chi connectivity index (χ2n) is 4.33. The van der Waals surface area contributed by atoms with E-state index >= 15 is 0 Å². The molecule has 0 fully saturated rings. The van der Waals surface area contributed by atoms with Crippen LogP contribution in [-0.4, -0.2) is 42.2 Å². The lowest BCUT2D eigenvalue weighted by Gasteiger charge is -2.18. The third kappa shape index (κ3) is 6.20. The number of hydrogen-bond acceptors (Lipinski definition) is 4. The predicted molar refractivity (Wildman–Crippen MR) is 82.5 cm³/mol. The summed E-state index contributed by atoms with van der Waals surface area (Å²) in [5.41, 5.74) is 0.979. The van der Waals surface area contributed by atoms with Gasteiger partial charge in [0.25, 0.3) is 0 Å². The number of hydrogen-bond donors (Lipinski definition) is 2. The van der Waals surface area contributed by atoms with Crippen molar-refractivity contribution >= 4 is 17.2 Å². The lowest BCUT2D eigenvalue weighted by molar-refractivity contribution is -0.122. The number of aliphatic hydroxyl groups excluding tert-OH is 1. The van der Waals surface area contributed by atoms with Crippen LogP contribution in [0, 0.1) is 11.8 Å². The van der Waals surface area contributed by atoms with Crippen molar-refractivity contribution in [1.82, 2.24) is 10.2 Å². The molecule has 1 aromatic rings. The molecule has 1 amide bonds. The third-order valence-electron chi connectivity index (χ3n) is 2.69. The Bertz CT molecular complexity index is 474. The third-order valence-corrected chi connectivity index (χ3v) is 3.61. The van der Waals surface area contributed by atoms with E-state index < -0.39 is 0 Å². The molecular formula is C15H22N2O2S. The number of aliphatic hydroxyl groups is 1. The molecule has 0 spiro atoms. The van der Waals surface area contributed by atoms with Crippen LogP contribution in [0.25, 0.3) is 0 Å². The SMILES string of the molecule is CCNC(=O)CN(CC)Cc1cc(C#CCCO)cs1. The van der Waals surface area contributed by atoms with Gasteiger partial charge in [-0.3, -0.25) is 9.69 Å². The van der Waals surface area contributed by atoms with Crippen LogP contribution in [0.1, 0.15) is 30.7 Å². The van der Waals surface area contributed by atoms with Gasteiger partial charge in [0, 0.05) is 35.3 Å². The average Bonchev–Trinajstić information content (AvgIpc) is 2.86. The van der Waals surface area contributed by atoms with Gasteiger partial charge >= 0.3 is 0 Å². The molecule has 5 heteroatoms. The molecule has 1 rings (SSSR count). The summed E-state index contributed by atoms with van der Waals surface area (Å²) in [7, 11) is 0. The van der Waals surface area contributed by atoms with Gasteiger partial charge in [-0.05, 0) is 19.5 Å². The van der Waals surface area contributed by atoms with Gasteiger partial charge in [-0.2, -0.15) is 0 Å². The maximum absolute atomic E-state index is 11.6. The van der Waals surface area contributed by atoms with E-state index in [1.807, 2.05) is 12.3 Å². The van der Waals surface area contributed by atoms with E-state index in [0.29, 0.717) is 19.5 Å². The monoisotopic (exact) mass is 294 g/mol. The predicted octanol–water partition coefficient (Wildman–Crippen LogP) is 1.44. The zero-order valence-corrected chi connectivity index (χ0v) is 12.9. The summed E-state index contributed by atoms with van der Waals surface area (Å²) in [4.78, 5) is 14.9. The standard InChI is InChI=1S/C15H22N2O2S/c1-3-16-15(19)11-17(4-2)10-14-9-13(12-20-14)7-5-6-8-18/h9,12,18H,3-4,6,8,10-11H2,1-2H3,(H,16,19). The first-order chi connectivity index (χ1) is 9.69. The van der Waals surface area contributed by atoms with Crippen molar-refractivity contribution in [3.63, 3.8) is 0 Å². The second kappa shape index (κ2) is 9.54. The molecule has 0 radical (unpaired) electrons. The molecule has 0 aliphatic heterocycles. The summed E-state index contributed by atoms with van der Waals surface area (Å²) in [5, 5.41) is 13.5. The number of likely N-dealkylation sites (N-methyl/N-ethyl adjacent to an activating group) is 2. The largest absolute Gasteiger partial charge is 0.395 e. The Morgan fingerprint density at radius 2 is 2.30 bits per heavy atom. The molecule has 0 bridgehead atoms. The molecule has 1 aromatic heterocycles. The van der Waals surface area contributed by atoms with Crippen LogP contribution in [0.15, 0.2) is 11.4 Å². The lowest BCUT2D eigenvalue weighted by atomic mass is 10.3. The number of amides is 1. The molecule has 0 aliphatic carbocycles. The zero-order valence-electron chi connectivity index (χ0n) is 12.1. The summed E-state index contributed by atoms with van der Waals surface area (Å²) in [6.07, 6.45) is 0.503. The van der Waals surface area contributed by atoms with Crippen LogP contribution in [0.3, 0.4) is 0 Å². The van der Waals surface area contributed by atoms with Crippen LogP contribution in [0.4, 0.5) is 0 Å². The maximum atomic E-state index is 11.6. The number of nitrogens with zero attached hydrogens (tertiary/aromatic N) is 1. The fourth-order valence-electron chi connectivity index (χ4n) is 1.71. The first-order valence-corrected chi connectivity index (χ1v) is 7.73. The minimum atomic E-state index is 0.0638. The van der Waals surface area contributed by atoms with Crippen molar-refractivity contribution in [1.29, 1.82) is 0 Å². The quantitative estimate of drug-likeness (QED) is 0.748. The Morgan fingerprint density at radius 3 is 2.95 bits per heavy atom. The van der Waals surface area contributed by atoms with Crippen molar-refractivity contribution in [2.75, 3.05) is 26.2 Å². The molecule has 0 unspecified atom stereocenters. The van der Waals surface area contributed by atoms with Crippen LogP contribution in [-0.2, 0) is 11.3 Å². The fourth-order valence-corrected chi connectivity index (χ4v) is 2.56. The fraction of sp³-hybridized carbons (Fsp3) is 0.533. The number of carbonyl (C=O) groups excluding carboxylic acids is 1. The molecule has 0 atom stereocenters. The van der Waals surface area contributed by atoms with Gasteiger partial charge in [-0.25, -0.2) is 0 Å². The summed E-state index contributed by atoms with van der Waals surface area (Å²) in [5.74, 6) is 5.99. The maximum Gasteiger partial charge on any atom is 0.234 e. The van der Waals surface area contributed by atoms with Crippen molar-refractivity contribution < 1.29 is 9.90 Å². The molecule has 2 N–H and O–H groups in total. The molecule has 20 heavy (non-hydrogen) atoms. The van der Waals surface area contributed by atoms with Gasteiger partial charge in [0.2, 0.25) is 5.91 Å². The van der Waals surface area contributed by atoms with Gasteiger partial charge in [0.05, 0.1) is 13.2 Å². The Morgan fingerprint density at radius 1 is 1.50 bits per heavy atom. The highest BCUT2D eigenvalue weighted by Gasteiger charge is 2.10. The molecule has 110 valence electrons. The van der Waals surface area contributed by atoms with E-state index in [2.05, 4.69) is 35.0 Å². The molecule has 1 heterocycles. The van der Waals surface area contributed by atoms with Gasteiger partial charge in [0.1, 0.15) is 0 Å². The smallest absolute Gasteiger partial charge is 0.234 e. The number of nitrogens with one attached hydrogen (secondary N) is 1. The molecule has 0 aromatic carbocycles. The van der Waals surface area contributed by atoms with Crippen molar-refractivity contribution in [3.05, 3.63) is 21.9 Å². The highest BCUT2D eigenvalue weighted by Crippen LogP contribution is 2.16. The van der Waals surface area contributed by atoms with E-state index in [0.717, 1.165) is 18.7 Å². The first-order valence-electron chi connectivity index (χ1n) is 6.85. The summed E-state index contributed by atoms with van der Waals surface area (Å²) < 4.78 is 0. The summed E-state index contributed by atoms with van der Waals surface area (Å²) in [6, 6.07) is 2.05. The Hall–Kier alpha value is -1.35. The minimum absolute atomic E-state index is 0.0638. The normalized spacial score (nSPS) is 10.2. The topological polar surface area (TPSA) is 52.6 Å². The highest BCUT2D eigenvalue weighted by atomic mass is 32.1. The second-order valence-corrected chi connectivity index (χ2v) is 5.33.